The molecule has 1 amide bonds. The lowest BCUT2D eigenvalue weighted by Crippen LogP contribution is -2.30. The molecule has 23 heavy (non-hydrogen) atoms. The molecule has 0 fully saturated rings. The molecule has 0 bridgehead atoms. The van der Waals surface area contributed by atoms with Crippen LogP contribution in [0.5, 0.6) is 0 Å². The lowest BCUT2D eigenvalue weighted by atomic mass is 10.0. The van der Waals surface area contributed by atoms with E-state index in [0.717, 1.165) is 10.5 Å². The zero-order valence-electron chi connectivity index (χ0n) is 12.6. The molecule has 0 aliphatic carbocycles. The van der Waals surface area contributed by atoms with Crippen LogP contribution >= 0.6 is 27.7 Å². The molecule has 2 aromatic rings. The summed E-state index contributed by atoms with van der Waals surface area (Å²) >= 11 is 4.77. The molecule has 0 saturated heterocycles. The van der Waals surface area contributed by atoms with Gasteiger partial charge in [-0.15, -0.1) is 11.8 Å². The van der Waals surface area contributed by atoms with E-state index in [4.69, 9.17) is 9.52 Å². The molecule has 2 rings (SSSR count). The lowest BCUT2D eigenvalue weighted by molar-refractivity contribution is -0.137. The molecule has 1 aromatic heterocycles. The molecule has 1 aromatic carbocycles. The number of rotatable bonds is 6. The van der Waals surface area contributed by atoms with Gasteiger partial charge in [0, 0.05) is 10.5 Å². The predicted molar refractivity (Wildman–Crippen MR) is 91.8 cm³/mol. The van der Waals surface area contributed by atoms with Crippen LogP contribution < -0.4 is 5.32 Å². The minimum atomic E-state index is -0.985. The first-order valence-electron chi connectivity index (χ1n) is 6.83. The number of hydrogen-bond donors (Lipinski definition) is 2. The van der Waals surface area contributed by atoms with Crippen LogP contribution in [-0.4, -0.2) is 23.2 Å². The van der Waals surface area contributed by atoms with Gasteiger partial charge in [0.15, 0.2) is 10.4 Å². The van der Waals surface area contributed by atoms with E-state index < -0.39 is 17.9 Å². The summed E-state index contributed by atoms with van der Waals surface area (Å²) in [5, 5.41) is 11.8. The first-order chi connectivity index (χ1) is 10.9. The largest absolute Gasteiger partial charge is 0.481 e. The fraction of sp³-hybridized carbons (Fsp3) is 0.250. The van der Waals surface area contributed by atoms with E-state index in [1.807, 2.05) is 30.5 Å². The Kier molecular flexibility index (Phi) is 5.90. The Hall–Kier alpha value is -1.73. The molecule has 1 atom stereocenters. The Labute approximate surface area is 146 Å². The SMILES string of the molecule is CSc1ccc(C(CC(=O)O)NC(=O)c2oc(Br)cc2C)cc1. The highest BCUT2D eigenvalue weighted by Crippen LogP contribution is 2.24. The second kappa shape index (κ2) is 7.70. The molecular formula is C16H16BrNO4S. The summed E-state index contributed by atoms with van der Waals surface area (Å²) < 4.78 is 5.77. The summed E-state index contributed by atoms with van der Waals surface area (Å²) in [6.45, 7) is 1.75. The number of benzene rings is 1. The van der Waals surface area contributed by atoms with Crippen molar-refractivity contribution < 1.29 is 19.1 Å². The van der Waals surface area contributed by atoms with Crippen molar-refractivity contribution in [1.29, 1.82) is 0 Å². The van der Waals surface area contributed by atoms with Gasteiger partial charge in [-0.05, 0) is 52.9 Å². The van der Waals surface area contributed by atoms with E-state index in [1.54, 1.807) is 24.8 Å². The molecule has 7 heteroatoms. The van der Waals surface area contributed by atoms with Gasteiger partial charge < -0.3 is 14.8 Å². The molecule has 1 heterocycles. The summed E-state index contributed by atoms with van der Waals surface area (Å²) in [6.07, 6.45) is 1.76. The second-order valence-electron chi connectivity index (χ2n) is 4.96. The number of furan rings is 1. The summed E-state index contributed by atoms with van der Waals surface area (Å²) in [4.78, 5) is 24.5. The van der Waals surface area contributed by atoms with E-state index >= 15 is 0 Å². The van der Waals surface area contributed by atoms with Crippen LogP contribution in [0.3, 0.4) is 0 Å². The van der Waals surface area contributed by atoms with Crippen LogP contribution in [0.1, 0.15) is 34.1 Å². The number of halogens is 1. The van der Waals surface area contributed by atoms with Crippen molar-refractivity contribution in [1.82, 2.24) is 5.32 Å². The van der Waals surface area contributed by atoms with Crippen molar-refractivity contribution in [2.75, 3.05) is 6.26 Å². The maximum absolute atomic E-state index is 12.3. The number of thioether (sulfide) groups is 1. The molecule has 0 saturated carbocycles. The van der Waals surface area contributed by atoms with Gasteiger partial charge in [-0.25, -0.2) is 0 Å². The normalized spacial score (nSPS) is 12.0. The van der Waals surface area contributed by atoms with Crippen molar-refractivity contribution in [3.05, 3.63) is 51.9 Å². The van der Waals surface area contributed by atoms with Crippen LogP contribution in [0.15, 0.2) is 44.3 Å². The number of hydrogen-bond acceptors (Lipinski definition) is 4. The molecular weight excluding hydrogens is 382 g/mol. The van der Waals surface area contributed by atoms with Gasteiger partial charge in [-0.3, -0.25) is 9.59 Å². The maximum Gasteiger partial charge on any atom is 0.305 e. The number of carbonyl (C=O) groups excluding carboxylic acids is 1. The molecule has 2 N–H and O–H groups in total. The smallest absolute Gasteiger partial charge is 0.305 e. The van der Waals surface area contributed by atoms with Crippen molar-refractivity contribution >= 4 is 39.6 Å². The van der Waals surface area contributed by atoms with Gasteiger partial charge in [0.25, 0.3) is 5.91 Å². The number of aryl methyl sites for hydroxylation is 1. The Bertz CT molecular complexity index is 711. The molecule has 122 valence electrons. The van der Waals surface area contributed by atoms with Crippen molar-refractivity contribution in [2.24, 2.45) is 0 Å². The Morgan fingerprint density at radius 3 is 2.48 bits per heavy atom. The third-order valence-electron chi connectivity index (χ3n) is 3.30. The molecule has 0 aliphatic rings. The fourth-order valence-corrected chi connectivity index (χ4v) is 3.07. The summed E-state index contributed by atoms with van der Waals surface area (Å²) in [7, 11) is 0. The zero-order chi connectivity index (χ0) is 17.0. The maximum atomic E-state index is 12.3. The number of aliphatic carboxylic acids is 1. The lowest BCUT2D eigenvalue weighted by Gasteiger charge is -2.17. The Morgan fingerprint density at radius 2 is 2.00 bits per heavy atom. The number of nitrogens with one attached hydrogen (secondary N) is 1. The number of amides is 1. The first-order valence-corrected chi connectivity index (χ1v) is 8.85. The van der Waals surface area contributed by atoms with E-state index in [0.29, 0.717) is 10.2 Å². The molecule has 1 unspecified atom stereocenters. The minimum Gasteiger partial charge on any atom is -0.481 e. The number of carboxylic acids is 1. The van der Waals surface area contributed by atoms with Crippen LogP contribution in [0.4, 0.5) is 0 Å². The standard InChI is InChI=1S/C16H16BrNO4S/c1-9-7-13(17)22-15(9)16(21)18-12(8-14(19)20)10-3-5-11(23-2)6-4-10/h3-7,12H,8H2,1-2H3,(H,18,21)(H,19,20). The predicted octanol–water partition coefficient (Wildman–Crippen LogP) is 4.02. The van der Waals surface area contributed by atoms with Gasteiger partial charge in [-0.1, -0.05) is 12.1 Å². The topological polar surface area (TPSA) is 79.5 Å². The molecule has 0 spiro atoms. The Morgan fingerprint density at radius 1 is 1.35 bits per heavy atom. The highest BCUT2D eigenvalue weighted by atomic mass is 79.9. The van der Waals surface area contributed by atoms with Crippen LogP contribution in [-0.2, 0) is 4.79 Å². The highest BCUT2D eigenvalue weighted by Gasteiger charge is 2.22. The highest BCUT2D eigenvalue weighted by molar-refractivity contribution is 9.10. The molecule has 5 nitrogen and oxygen atoms in total. The summed E-state index contributed by atoms with van der Waals surface area (Å²) in [6, 6.07) is 8.51. The van der Waals surface area contributed by atoms with Crippen LogP contribution in [0, 0.1) is 6.92 Å². The first kappa shape index (κ1) is 17.6. The van der Waals surface area contributed by atoms with Gasteiger partial charge in [0.2, 0.25) is 0 Å². The van der Waals surface area contributed by atoms with Crippen LogP contribution in [0.2, 0.25) is 0 Å². The van der Waals surface area contributed by atoms with Crippen molar-refractivity contribution in [2.45, 2.75) is 24.3 Å². The quantitative estimate of drug-likeness (QED) is 0.719. The summed E-state index contributed by atoms with van der Waals surface area (Å²) in [5.74, 6) is -1.25. The average Bonchev–Trinajstić information content (AvgIpc) is 2.85. The van der Waals surface area contributed by atoms with Crippen molar-refractivity contribution in [3.8, 4) is 0 Å². The third-order valence-corrected chi connectivity index (χ3v) is 4.43. The van der Waals surface area contributed by atoms with E-state index in [9.17, 15) is 9.59 Å². The fourth-order valence-electron chi connectivity index (χ4n) is 2.16. The second-order valence-corrected chi connectivity index (χ2v) is 6.62. The van der Waals surface area contributed by atoms with Gasteiger partial charge >= 0.3 is 5.97 Å². The monoisotopic (exact) mass is 397 g/mol. The average molecular weight is 398 g/mol. The molecule has 0 aliphatic heterocycles. The van der Waals surface area contributed by atoms with Gasteiger partial charge in [0.1, 0.15) is 0 Å². The summed E-state index contributed by atoms with van der Waals surface area (Å²) in [5.41, 5.74) is 1.42. The third kappa shape index (κ3) is 4.62. The van der Waals surface area contributed by atoms with E-state index in [-0.39, 0.29) is 12.2 Å². The van der Waals surface area contributed by atoms with Gasteiger partial charge in [-0.2, -0.15) is 0 Å². The number of carbonyl (C=O) groups is 2. The van der Waals surface area contributed by atoms with E-state index in [1.165, 1.54) is 0 Å². The van der Waals surface area contributed by atoms with Crippen molar-refractivity contribution in [3.63, 3.8) is 0 Å². The zero-order valence-corrected chi connectivity index (χ0v) is 15.0. The minimum absolute atomic E-state index is 0.174. The Balaban J connectivity index is 2.22. The number of carboxylic acid groups (broad SMARTS) is 1. The molecule has 0 radical (unpaired) electrons. The van der Waals surface area contributed by atoms with E-state index in [2.05, 4.69) is 21.2 Å². The van der Waals surface area contributed by atoms with Gasteiger partial charge in [0.05, 0.1) is 12.5 Å². The van der Waals surface area contributed by atoms with Crippen LogP contribution in [0.25, 0.3) is 0 Å².